The lowest BCUT2D eigenvalue weighted by Crippen LogP contribution is -2.17. The summed E-state index contributed by atoms with van der Waals surface area (Å²) in [5, 5.41) is 11.9. The molecular formula is C16H25NO4. The van der Waals surface area contributed by atoms with Crippen molar-refractivity contribution in [1.29, 1.82) is 0 Å². The first kappa shape index (κ1) is 17.4. The van der Waals surface area contributed by atoms with E-state index >= 15 is 0 Å². The van der Waals surface area contributed by atoms with Crippen LogP contribution in [-0.2, 0) is 14.3 Å². The highest BCUT2D eigenvalue weighted by Gasteiger charge is 2.21. The molecule has 21 heavy (non-hydrogen) atoms. The van der Waals surface area contributed by atoms with Gasteiger partial charge in [-0.15, -0.1) is 0 Å². The van der Waals surface area contributed by atoms with E-state index in [4.69, 9.17) is 0 Å². The Morgan fingerprint density at radius 2 is 1.95 bits per heavy atom. The van der Waals surface area contributed by atoms with Crippen LogP contribution in [0.5, 0.6) is 0 Å². The van der Waals surface area contributed by atoms with Crippen LogP contribution >= 0.6 is 0 Å². The van der Waals surface area contributed by atoms with E-state index in [0.717, 1.165) is 12.8 Å². The van der Waals surface area contributed by atoms with Crippen LogP contribution in [0.2, 0.25) is 0 Å². The van der Waals surface area contributed by atoms with Crippen LogP contribution in [0.15, 0.2) is 23.9 Å². The van der Waals surface area contributed by atoms with Crippen molar-refractivity contribution < 1.29 is 19.4 Å². The number of ether oxygens (including phenoxy) is 1. The van der Waals surface area contributed by atoms with Crippen LogP contribution in [0.25, 0.3) is 0 Å². The van der Waals surface area contributed by atoms with Gasteiger partial charge in [-0.25, -0.2) is 4.79 Å². The molecule has 5 heteroatoms. The van der Waals surface area contributed by atoms with Crippen molar-refractivity contribution in [2.24, 2.45) is 0 Å². The molecule has 0 radical (unpaired) electrons. The Labute approximate surface area is 126 Å². The van der Waals surface area contributed by atoms with E-state index in [2.05, 4.69) is 17.0 Å². The molecule has 0 spiro atoms. The molecule has 1 aliphatic rings. The van der Waals surface area contributed by atoms with Gasteiger partial charge in [-0.1, -0.05) is 45.4 Å². The Hall–Kier alpha value is -1.62. The Morgan fingerprint density at radius 1 is 1.29 bits per heavy atom. The lowest BCUT2D eigenvalue weighted by atomic mass is 10.1. The molecule has 1 heterocycles. The molecule has 1 aliphatic heterocycles. The Bertz CT molecular complexity index is 401. The van der Waals surface area contributed by atoms with Crippen LogP contribution < -0.4 is 5.32 Å². The standard InChI is InChI=1S/C16H25NO4/c1-2-3-4-5-6-7-8-9-14(18)17-11-10-13-12-15(19)21-16(13)20/h10-12,16,20H,2-9H2,1H3,(H,17,18). The number of carbonyl (C=O) groups is 2. The molecule has 118 valence electrons. The third-order valence-corrected chi connectivity index (χ3v) is 3.32. The summed E-state index contributed by atoms with van der Waals surface area (Å²) in [5.74, 6) is -0.628. The summed E-state index contributed by atoms with van der Waals surface area (Å²) in [6, 6.07) is 0. The SMILES string of the molecule is CCCCCCCCCC(=O)NC=CC1=CC(=O)OC1O. The van der Waals surface area contributed by atoms with Gasteiger partial charge < -0.3 is 15.2 Å². The zero-order valence-electron chi connectivity index (χ0n) is 12.6. The fourth-order valence-corrected chi connectivity index (χ4v) is 2.10. The summed E-state index contributed by atoms with van der Waals surface area (Å²) in [6.07, 6.45) is 11.6. The summed E-state index contributed by atoms with van der Waals surface area (Å²) < 4.78 is 4.51. The molecule has 0 aromatic rings. The fourth-order valence-electron chi connectivity index (χ4n) is 2.10. The van der Waals surface area contributed by atoms with Gasteiger partial charge >= 0.3 is 5.97 Å². The second-order valence-corrected chi connectivity index (χ2v) is 5.21. The number of nitrogens with one attached hydrogen (secondary N) is 1. The smallest absolute Gasteiger partial charge is 0.333 e. The molecule has 2 N–H and O–H groups in total. The highest BCUT2D eigenvalue weighted by atomic mass is 16.6. The topological polar surface area (TPSA) is 75.6 Å². The molecule has 0 saturated heterocycles. The quantitative estimate of drug-likeness (QED) is 0.480. The van der Waals surface area contributed by atoms with Gasteiger partial charge in [-0.3, -0.25) is 4.79 Å². The molecule has 0 aliphatic carbocycles. The van der Waals surface area contributed by atoms with E-state index < -0.39 is 12.3 Å². The average Bonchev–Trinajstić information content (AvgIpc) is 2.76. The van der Waals surface area contributed by atoms with Crippen LogP contribution in [0, 0.1) is 0 Å². The van der Waals surface area contributed by atoms with Gasteiger partial charge in [0, 0.05) is 24.3 Å². The number of unbranched alkanes of at least 4 members (excludes halogenated alkanes) is 6. The first-order chi connectivity index (χ1) is 10.1. The lowest BCUT2D eigenvalue weighted by molar-refractivity contribution is -0.150. The highest BCUT2D eigenvalue weighted by Crippen LogP contribution is 2.13. The number of aliphatic hydroxyl groups is 1. The minimum absolute atomic E-state index is 0.0554. The number of cyclic esters (lactones) is 1. The average molecular weight is 295 g/mol. The van der Waals surface area contributed by atoms with E-state index in [0.29, 0.717) is 12.0 Å². The van der Waals surface area contributed by atoms with Crippen LogP contribution in [0.3, 0.4) is 0 Å². The van der Waals surface area contributed by atoms with Crippen molar-refractivity contribution >= 4 is 11.9 Å². The van der Waals surface area contributed by atoms with Crippen LogP contribution in [0.1, 0.15) is 58.3 Å². The summed E-state index contributed by atoms with van der Waals surface area (Å²) in [6.45, 7) is 2.19. The minimum Gasteiger partial charge on any atom is -0.428 e. The van der Waals surface area contributed by atoms with Gasteiger partial charge in [-0.05, 0) is 12.5 Å². The molecule has 1 atom stereocenters. The molecular weight excluding hydrogens is 270 g/mol. The third kappa shape index (κ3) is 7.66. The summed E-state index contributed by atoms with van der Waals surface area (Å²) in [7, 11) is 0. The highest BCUT2D eigenvalue weighted by molar-refractivity contribution is 5.86. The molecule has 0 aromatic heterocycles. The molecule has 1 unspecified atom stereocenters. The Kier molecular flexibility index (Phi) is 8.43. The molecule has 0 bridgehead atoms. The number of rotatable bonds is 10. The maximum Gasteiger partial charge on any atom is 0.333 e. The number of esters is 1. The van der Waals surface area contributed by atoms with Crippen LogP contribution in [-0.4, -0.2) is 23.3 Å². The van der Waals surface area contributed by atoms with Crippen molar-refractivity contribution in [3.05, 3.63) is 23.9 Å². The lowest BCUT2D eigenvalue weighted by Gasteiger charge is -2.03. The second-order valence-electron chi connectivity index (χ2n) is 5.21. The predicted octanol–water partition coefficient (Wildman–Crippen LogP) is 2.56. The number of aliphatic hydroxyl groups excluding tert-OH is 1. The van der Waals surface area contributed by atoms with E-state index in [1.165, 1.54) is 50.5 Å². The van der Waals surface area contributed by atoms with Gasteiger partial charge in [0.2, 0.25) is 12.2 Å². The van der Waals surface area contributed by atoms with Gasteiger partial charge in [0.05, 0.1) is 0 Å². The van der Waals surface area contributed by atoms with E-state index in [1.807, 2.05) is 0 Å². The number of hydrogen-bond acceptors (Lipinski definition) is 4. The van der Waals surface area contributed by atoms with Crippen molar-refractivity contribution in [3.63, 3.8) is 0 Å². The Balaban J connectivity index is 2.06. The second kappa shape index (κ2) is 10.2. The van der Waals surface area contributed by atoms with E-state index in [9.17, 15) is 14.7 Å². The number of amides is 1. The molecule has 0 aromatic carbocycles. The monoisotopic (exact) mass is 295 g/mol. The largest absolute Gasteiger partial charge is 0.428 e. The minimum atomic E-state index is -1.23. The molecule has 0 saturated carbocycles. The first-order valence-electron chi connectivity index (χ1n) is 7.69. The molecule has 1 rings (SSSR count). The maximum atomic E-state index is 11.6. The van der Waals surface area contributed by atoms with Gasteiger partial charge in [0.25, 0.3) is 0 Å². The first-order valence-corrected chi connectivity index (χ1v) is 7.69. The van der Waals surface area contributed by atoms with Gasteiger partial charge in [0.1, 0.15) is 0 Å². The van der Waals surface area contributed by atoms with Crippen molar-refractivity contribution in [2.45, 2.75) is 64.6 Å². The van der Waals surface area contributed by atoms with Crippen LogP contribution in [0.4, 0.5) is 0 Å². The van der Waals surface area contributed by atoms with Gasteiger partial charge in [0.15, 0.2) is 0 Å². The fraction of sp³-hybridized carbons (Fsp3) is 0.625. The summed E-state index contributed by atoms with van der Waals surface area (Å²) in [4.78, 5) is 22.4. The third-order valence-electron chi connectivity index (χ3n) is 3.32. The van der Waals surface area contributed by atoms with Crippen molar-refractivity contribution in [2.75, 3.05) is 0 Å². The zero-order chi connectivity index (χ0) is 15.5. The van der Waals surface area contributed by atoms with E-state index in [1.54, 1.807) is 0 Å². The van der Waals surface area contributed by atoms with E-state index in [-0.39, 0.29) is 5.91 Å². The Morgan fingerprint density at radius 3 is 2.57 bits per heavy atom. The van der Waals surface area contributed by atoms with Crippen molar-refractivity contribution in [3.8, 4) is 0 Å². The predicted molar refractivity (Wildman–Crippen MR) is 80.1 cm³/mol. The zero-order valence-corrected chi connectivity index (χ0v) is 12.6. The maximum absolute atomic E-state index is 11.6. The number of hydrogen-bond donors (Lipinski definition) is 2. The van der Waals surface area contributed by atoms with Gasteiger partial charge in [-0.2, -0.15) is 0 Å². The summed E-state index contributed by atoms with van der Waals surface area (Å²) in [5.41, 5.74) is 0.344. The normalized spacial score (nSPS) is 17.9. The molecule has 1 amide bonds. The molecule has 5 nitrogen and oxygen atoms in total. The summed E-state index contributed by atoms with van der Waals surface area (Å²) >= 11 is 0. The molecule has 0 fully saturated rings. The number of carbonyl (C=O) groups excluding carboxylic acids is 2. The van der Waals surface area contributed by atoms with Crippen molar-refractivity contribution in [1.82, 2.24) is 5.32 Å².